The summed E-state index contributed by atoms with van der Waals surface area (Å²) < 4.78 is 11.0. The van der Waals surface area contributed by atoms with Gasteiger partial charge in [-0.1, -0.05) is 35.5 Å². The summed E-state index contributed by atoms with van der Waals surface area (Å²) in [6.07, 6.45) is 0.367. The molecule has 1 amide bonds. The molecule has 0 spiro atoms. The Balaban J connectivity index is 1.87. The Morgan fingerprint density at radius 3 is 2.59 bits per heavy atom. The molecule has 0 aliphatic carbocycles. The second kappa shape index (κ2) is 8.79. The molecule has 0 aliphatic heterocycles. The van der Waals surface area contributed by atoms with Crippen LogP contribution in [0.4, 0.5) is 5.69 Å². The van der Waals surface area contributed by atoms with Crippen molar-refractivity contribution < 1.29 is 14.3 Å². The summed E-state index contributed by atoms with van der Waals surface area (Å²) in [6, 6.07) is 14.8. The molecule has 0 fully saturated rings. The third-order valence-corrected chi connectivity index (χ3v) is 4.05. The number of tetrazole rings is 1. The molecule has 1 unspecified atom stereocenters. The van der Waals surface area contributed by atoms with Crippen LogP contribution in [0.3, 0.4) is 0 Å². The lowest BCUT2D eigenvalue weighted by atomic mass is 9.97. The lowest BCUT2D eigenvalue weighted by Gasteiger charge is -2.17. The highest BCUT2D eigenvalue weighted by Gasteiger charge is 2.27. The van der Waals surface area contributed by atoms with Gasteiger partial charge in [0.2, 0.25) is 5.91 Å². The molecule has 27 heavy (non-hydrogen) atoms. The number of rotatable bonds is 8. The summed E-state index contributed by atoms with van der Waals surface area (Å²) >= 11 is 0. The number of para-hydroxylation sites is 3. The van der Waals surface area contributed by atoms with Crippen LogP contribution < -0.4 is 14.8 Å². The van der Waals surface area contributed by atoms with Gasteiger partial charge in [-0.05, 0) is 37.1 Å². The van der Waals surface area contributed by atoms with Crippen LogP contribution >= 0.6 is 0 Å². The quantitative estimate of drug-likeness (QED) is 0.634. The van der Waals surface area contributed by atoms with Crippen molar-refractivity contribution in [3.8, 4) is 11.5 Å². The van der Waals surface area contributed by atoms with Gasteiger partial charge < -0.3 is 14.8 Å². The number of nitrogens with one attached hydrogen (secondary N) is 2. The second-order valence-electron chi connectivity index (χ2n) is 5.76. The van der Waals surface area contributed by atoms with Crippen molar-refractivity contribution in [1.82, 2.24) is 20.6 Å². The molecule has 8 nitrogen and oxygen atoms in total. The first kappa shape index (κ1) is 18.4. The number of carbonyl (C=O) groups excluding carboxylic acids is 1. The highest BCUT2D eigenvalue weighted by molar-refractivity contribution is 5.96. The summed E-state index contributed by atoms with van der Waals surface area (Å²) in [5, 5.41) is 16.9. The summed E-state index contributed by atoms with van der Waals surface area (Å²) in [4.78, 5) is 13.0. The van der Waals surface area contributed by atoms with Crippen molar-refractivity contribution in [2.75, 3.05) is 19.0 Å². The lowest BCUT2D eigenvalue weighted by molar-refractivity contribution is -0.117. The summed E-state index contributed by atoms with van der Waals surface area (Å²) in [7, 11) is 1.60. The van der Waals surface area contributed by atoms with Crippen molar-refractivity contribution in [2.45, 2.75) is 19.3 Å². The molecule has 0 aliphatic rings. The number of ether oxygens (including phenoxy) is 2. The standard InChI is InChI=1S/C19H21N5O3/c1-3-27-17-11-7-5-9-15(17)20-19(25)14(18-21-23-24-22-18)12-13-8-4-6-10-16(13)26-2/h4-11,14H,3,12H2,1-2H3,(H,20,25)(H,21,22,23,24). The monoisotopic (exact) mass is 367 g/mol. The van der Waals surface area contributed by atoms with Gasteiger partial charge in [-0.2, -0.15) is 5.21 Å². The summed E-state index contributed by atoms with van der Waals surface area (Å²) in [5.41, 5.74) is 1.47. The number of aromatic amines is 1. The third kappa shape index (κ3) is 4.41. The van der Waals surface area contributed by atoms with E-state index in [9.17, 15) is 4.79 Å². The number of aromatic nitrogens is 4. The molecule has 1 aromatic heterocycles. The fourth-order valence-corrected chi connectivity index (χ4v) is 2.78. The van der Waals surface area contributed by atoms with Gasteiger partial charge in [-0.3, -0.25) is 4.79 Å². The molecule has 3 aromatic rings. The Morgan fingerprint density at radius 1 is 1.15 bits per heavy atom. The van der Waals surface area contributed by atoms with Gasteiger partial charge in [0.05, 0.1) is 19.4 Å². The second-order valence-corrected chi connectivity index (χ2v) is 5.76. The SMILES string of the molecule is CCOc1ccccc1NC(=O)C(Cc1ccccc1OC)c1nn[nH]n1. The first-order valence-corrected chi connectivity index (χ1v) is 8.60. The van der Waals surface area contributed by atoms with Crippen LogP contribution in [-0.2, 0) is 11.2 Å². The molecule has 8 heteroatoms. The predicted octanol–water partition coefficient (Wildman–Crippen LogP) is 2.57. The number of H-pyrrole nitrogens is 1. The van der Waals surface area contributed by atoms with Crippen molar-refractivity contribution in [3.63, 3.8) is 0 Å². The van der Waals surface area contributed by atoms with E-state index in [2.05, 4.69) is 25.9 Å². The maximum Gasteiger partial charge on any atom is 0.235 e. The third-order valence-electron chi connectivity index (χ3n) is 4.05. The lowest BCUT2D eigenvalue weighted by Crippen LogP contribution is -2.24. The number of hydrogen-bond acceptors (Lipinski definition) is 6. The Hall–Kier alpha value is -3.42. The molecule has 0 radical (unpaired) electrons. The van der Waals surface area contributed by atoms with E-state index in [1.165, 1.54) is 0 Å². The highest BCUT2D eigenvalue weighted by atomic mass is 16.5. The van der Waals surface area contributed by atoms with E-state index >= 15 is 0 Å². The van der Waals surface area contributed by atoms with E-state index in [4.69, 9.17) is 9.47 Å². The Bertz CT molecular complexity index is 883. The number of carbonyl (C=O) groups is 1. The minimum atomic E-state index is -0.644. The summed E-state index contributed by atoms with van der Waals surface area (Å²) in [5.74, 6) is 0.725. The van der Waals surface area contributed by atoms with Gasteiger partial charge >= 0.3 is 0 Å². The molecule has 1 atom stereocenters. The molecular weight excluding hydrogens is 346 g/mol. The maximum atomic E-state index is 13.0. The van der Waals surface area contributed by atoms with E-state index in [0.717, 1.165) is 5.56 Å². The van der Waals surface area contributed by atoms with Gasteiger partial charge in [0.25, 0.3) is 0 Å². The minimum absolute atomic E-state index is 0.255. The van der Waals surface area contributed by atoms with Crippen LogP contribution in [0.1, 0.15) is 24.2 Å². The minimum Gasteiger partial charge on any atom is -0.496 e. The number of benzene rings is 2. The Kier molecular flexibility index (Phi) is 5.98. The van der Waals surface area contributed by atoms with E-state index in [1.54, 1.807) is 13.2 Å². The van der Waals surface area contributed by atoms with Crippen molar-refractivity contribution in [2.24, 2.45) is 0 Å². The molecule has 0 saturated carbocycles. The number of hydrogen-bond donors (Lipinski definition) is 2. The highest BCUT2D eigenvalue weighted by Crippen LogP contribution is 2.28. The van der Waals surface area contributed by atoms with Crippen LogP contribution in [0.2, 0.25) is 0 Å². The zero-order valence-corrected chi connectivity index (χ0v) is 15.2. The molecule has 0 saturated heterocycles. The van der Waals surface area contributed by atoms with E-state index in [-0.39, 0.29) is 5.91 Å². The first-order valence-electron chi connectivity index (χ1n) is 8.60. The van der Waals surface area contributed by atoms with Gasteiger partial charge in [-0.25, -0.2) is 0 Å². The number of amides is 1. The van der Waals surface area contributed by atoms with Crippen LogP contribution in [0, 0.1) is 0 Å². The molecular formula is C19H21N5O3. The Labute approximate surface area is 156 Å². The fraction of sp³-hybridized carbons (Fsp3) is 0.263. The van der Waals surface area contributed by atoms with Gasteiger partial charge in [0.15, 0.2) is 5.82 Å². The molecule has 140 valence electrons. The molecule has 1 heterocycles. The van der Waals surface area contributed by atoms with Crippen molar-refractivity contribution in [3.05, 3.63) is 59.9 Å². The molecule has 3 rings (SSSR count). The molecule has 2 aromatic carbocycles. The van der Waals surface area contributed by atoms with Crippen LogP contribution in [-0.4, -0.2) is 40.2 Å². The topological polar surface area (TPSA) is 102 Å². The van der Waals surface area contributed by atoms with E-state index in [0.29, 0.717) is 36.0 Å². The van der Waals surface area contributed by atoms with E-state index in [1.807, 2.05) is 49.4 Å². The van der Waals surface area contributed by atoms with Crippen LogP contribution in [0.15, 0.2) is 48.5 Å². The predicted molar refractivity (Wildman–Crippen MR) is 99.9 cm³/mol. The fourth-order valence-electron chi connectivity index (χ4n) is 2.78. The zero-order chi connectivity index (χ0) is 19.1. The number of methoxy groups -OCH3 is 1. The van der Waals surface area contributed by atoms with Gasteiger partial charge in [0.1, 0.15) is 17.4 Å². The first-order chi connectivity index (χ1) is 13.2. The summed E-state index contributed by atoms with van der Waals surface area (Å²) in [6.45, 7) is 2.39. The van der Waals surface area contributed by atoms with Crippen molar-refractivity contribution in [1.29, 1.82) is 0 Å². The van der Waals surface area contributed by atoms with Crippen LogP contribution in [0.5, 0.6) is 11.5 Å². The number of anilines is 1. The van der Waals surface area contributed by atoms with Gasteiger partial charge in [0, 0.05) is 0 Å². The van der Waals surface area contributed by atoms with E-state index < -0.39 is 5.92 Å². The molecule has 0 bridgehead atoms. The average Bonchev–Trinajstić information content (AvgIpc) is 3.22. The smallest absolute Gasteiger partial charge is 0.235 e. The maximum absolute atomic E-state index is 13.0. The van der Waals surface area contributed by atoms with Crippen LogP contribution in [0.25, 0.3) is 0 Å². The zero-order valence-electron chi connectivity index (χ0n) is 15.2. The Morgan fingerprint density at radius 2 is 1.89 bits per heavy atom. The normalized spacial score (nSPS) is 11.6. The molecule has 2 N–H and O–H groups in total. The average molecular weight is 367 g/mol. The number of nitrogens with zero attached hydrogens (tertiary/aromatic N) is 3. The largest absolute Gasteiger partial charge is 0.496 e. The van der Waals surface area contributed by atoms with Crippen molar-refractivity contribution >= 4 is 11.6 Å². The van der Waals surface area contributed by atoms with Gasteiger partial charge in [-0.15, -0.1) is 10.2 Å².